The largest absolute Gasteiger partial charge is 0.507 e. The number of aryl methyl sites for hydroxylation is 1. The van der Waals surface area contributed by atoms with E-state index in [4.69, 9.17) is 4.42 Å². The molecule has 0 aliphatic rings. The summed E-state index contributed by atoms with van der Waals surface area (Å²) < 4.78 is 6.64. The maximum Gasteiger partial charge on any atom is 0.143 e. The molecule has 286 valence electrons. The third-order valence-electron chi connectivity index (χ3n) is 11.3. The summed E-state index contributed by atoms with van der Waals surface area (Å²) in [5.74, 6) is 0.448. The highest BCUT2D eigenvalue weighted by molar-refractivity contribution is 6.23. The maximum absolute atomic E-state index is 12.0. The van der Waals surface area contributed by atoms with E-state index in [1.54, 1.807) is 0 Å². The highest BCUT2D eigenvalue weighted by Crippen LogP contribution is 2.51. The van der Waals surface area contributed by atoms with E-state index in [1.807, 2.05) is 72.8 Å². The second-order valence-corrected chi connectivity index (χ2v) is 14.7. The number of phenolic OH excluding ortho intramolecular Hbond substituents is 2. The first-order valence-corrected chi connectivity index (χ1v) is 19.9. The van der Waals surface area contributed by atoms with Gasteiger partial charge in [-0.05, 0) is 93.2 Å². The molecule has 4 nitrogen and oxygen atoms in total. The molecular weight excluding hydrogens is 723 g/mol. The summed E-state index contributed by atoms with van der Waals surface area (Å²) in [5, 5.41) is 33.6. The first-order chi connectivity index (χ1) is 29.0. The van der Waals surface area contributed by atoms with E-state index < -0.39 is 0 Å². The average Bonchev–Trinajstić information content (AvgIpc) is 3.68. The Labute approximate surface area is 343 Å². The topological polar surface area (TPSA) is 79.6 Å². The molecule has 11 aromatic rings. The van der Waals surface area contributed by atoms with Crippen LogP contribution in [-0.4, -0.2) is 17.3 Å². The summed E-state index contributed by atoms with van der Waals surface area (Å²) in [7, 11) is 1.50. The highest BCUT2D eigenvalue weighted by atomic mass is 16.3. The Bertz CT molecular complexity index is 3260. The third kappa shape index (κ3) is 6.60. The molecule has 0 unspecified atom stereocenters. The van der Waals surface area contributed by atoms with Crippen molar-refractivity contribution >= 4 is 65.0 Å². The van der Waals surface area contributed by atoms with Gasteiger partial charge in [-0.15, -0.1) is 0 Å². The predicted octanol–water partition coefficient (Wildman–Crippen LogP) is 14.1. The fraction of sp³-hybridized carbons (Fsp3) is 0.0545. The van der Waals surface area contributed by atoms with Gasteiger partial charge in [-0.25, -0.2) is 0 Å². The van der Waals surface area contributed by atoms with Crippen molar-refractivity contribution < 1.29 is 14.6 Å². The van der Waals surface area contributed by atoms with Crippen LogP contribution in [0.2, 0.25) is 0 Å². The molecule has 10 aromatic carbocycles. The van der Waals surface area contributed by atoms with Gasteiger partial charge in [0.25, 0.3) is 0 Å². The van der Waals surface area contributed by atoms with Crippen LogP contribution >= 0.6 is 0 Å². The zero-order valence-corrected chi connectivity index (χ0v) is 33.0. The van der Waals surface area contributed by atoms with Gasteiger partial charge in [0.15, 0.2) is 0 Å². The van der Waals surface area contributed by atoms with Gasteiger partial charge in [-0.3, -0.25) is 0 Å². The number of hydrogen-bond acceptors (Lipinski definition) is 4. The number of hydrogen-bond donors (Lipinski definition) is 3. The van der Waals surface area contributed by atoms with Gasteiger partial charge in [0, 0.05) is 38.2 Å². The lowest BCUT2D eigenvalue weighted by atomic mass is 9.87. The number of benzene rings is 10. The number of nitrogens with two attached hydrogens (primary N) is 1. The first kappa shape index (κ1) is 37.2. The number of aromatic hydroxyl groups is 2. The van der Waals surface area contributed by atoms with E-state index in [-0.39, 0.29) is 11.5 Å². The van der Waals surface area contributed by atoms with E-state index in [9.17, 15) is 10.2 Å². The quantitative estimate of drug-likeness (QED) is 0.156. The van der Waals surface area contributed by atoms with Crippen LogP contribution in [0.1, 0.15) is 16.7 Å². The van der Waals surface area contributed by atoms with Crippen molar-refractivity contribution in [2.75, 3.05) is 7.05 Å². The molecule has 0 radical (unpaired) electrons. The van der Waals surface area contributed by atoms with E-state index in [1.165, 1.54) is 18.2 Å². The molecule has 4 N–H and O–H groups in total. The number of phenols is 2. The summed E-state index contributed by atoms with van der Waals surface area (Å²) in [6.07, 6.45) is 1.03. The van der Waals surface area contributed by atoms with Crippen molar-refractivity contribution in [3.8, 4) is 33.8 Å². The number of fused-ring (bicyclic) bond motifs is 9. The van der Waals surface area contributed by atoms with Gasteiger partial charge in [-0.2, -0.15) is 0 Å². The molecule has 0 aliphatic carbocycles. The lowest BCUT2D eigenvalue weighted by molar-refractivity contribution is 0.484. The summed E-state index contributed by atoms with van der Waals surface area (Å²) in [4.78, 5) is 0. The predicted molar refractivity (Wildman–Crippen MR) is 248 cm³/mol. The van der Waals surface area contributed by atoms with Crippen LogP contribution in [0, 0.1) is 6.92 Å². The highest BCUT2D eigenvalue weighted by Gasteiger charge is 2.24. The van der Waals surface area contributed by atoms with E-state index in [0.717, 1.165) is 88.1 Å². The zero-order valence-electron chi connectivity index (χ0n) is 33.0. The second kappa shape index (κ2) is 15.9. The van der Waals surface area contributed by atoms with Gasteiger partial charge in [-0.1, -0.05) is 170 Å². The van der Waals surface area contributed by atoms with Crippen LogP contribution in [0.3, 0.4) is 0 Å². The normalized spacial score (nSPS) is 11.2. The molecule has 59 heavy (non-hydrogen) atoms. The van der Waals surface area contributed by atoms with Crippen molar-refractivity contribution in [3.05, 3.63) is 205 Å². The third-order valence-corrected chi connectivity index (χ3v) is 11.3. The Morgan fingerprint density at radius 1 is 0.424 bits per heavy atom. The van der Waals surface area contributed by atoms with Crippen LogP contribution in [0.4, 0.5) is 0 Å². The van der Waals surface area contributed by atoms with Crippen LogP contribution < -0.4 is 5.73 Å². The Morgan fingerprint density at radius 3 is 1.37 bits per heavy atom. The summed E-state index contributed by atoms with van der Waals surface area (Å²) in [5.41, 5.74) is 12.9. The van der Waals surface area contributed by atoms with Crippen molar-refractivity contribution in [1.29, 1.82) is 0 Å². The molecule has 0 atom stereocenters. The molecule has 0 fully saturated rings. The maximum atomic E-state index is 12.0. The van der Waals surface area contributed by atoms with Crippen molar-refractivity contribution in [2.24, 2.45) is 5.73 Å². The lowest BCUT2D eigenvalue weighted by Gasteiger charge is -2.17. The molecule has 1 heterocycles. The molecule has 4 heteroatoms. The van der Waals surface area contributed by atoms with Crippen molar-refractivity contribution in [1.82, 2.24) is 0 Å². The molecular formula is C55H43NO3. The Hall–Kier alpha value is -7.40. The van der Waals surface area contributed by atoms with Crippen LogP contribution in [0.25, 0.3) is 87.3 Å². The Kier molecular flexibility index (Phi) is 10.00. The fourth-order valence-electron chi connectivity index (χ4n) is 8.67. The molecule has 0 saturated carbocycles. The van der Waals surface area contributed by atoms with Gasteiger partial charge >= 0.3 is 0 Å². The van der Waals surface area contributed by atoms with E-state index in [0.29, 0.717) is 11.1 Å². The Balaban J connectivity index is 0.000000254. The minimum atomic E-state index is 0.211. The Morgan fingerprint density at radius 2 is 0.847 bits per heavy atom. The van der Waals surface area contributed by atoms with Crippen molar-refractivity contribution in [3.63, 3.8) is 0 Å². The molecule has 1 aromatic heterocycles. The first-order valence-electron chi connectivity index (χ1n) is 19.9. The lowest BCUT2D eigenvalue weighted by Crippen LogP contribution is -1.91. The molecule has 11 rings (SSSR count). The minimum Gasteiger partial charge on any atom is -0.507 e. The van der Waals surface area contributed by atoms with E-state index in [2.05, 4.69) is 128 Å². The van der Waals surface area contributed by atoms with E-state index >= 15 is 0 Å². The van der Waals surface area contributed by atoms with Gasteiger partial charge in [0.2, 0.25) is 0 Å². The molecule has 0 amide bonds. The summed E-state index contributed by atoms with van der Waals surface area (Å²) >= 11 is 0. The van der Waals surface area contributed by atoms with Crippen molar-refractivity contribution in [2.45, 2.75) is 13.3 Å². The molecule has 0 bridgehead atoms. The van der Waals surface area contributed by atoms with Crippen LogP contribution in [0.15, 0.2) is 192 Å². The van der Waals surface area contributed by atoms with Gasteiger partial charge in [0.05, 0.1) is 0 Å². The minimum absolute atomic E-state index is 0.211. The second-order valence-electron chi connectivity index (χ2n) is 14.7. The van der Waals surface area contributed by atoms with Crippen LogP contribution in [-0.2, 0) is 6.42 Å². The SMILES string of the molecule is CN.Cc1cccc2oc3c(-c4c(O)c5ccccc5c5ccccc45)cc(-c4c(O)c5ccccc5c5ccccc45)cc3c12.c1ccc(Cc2ccccc2)cc1. The van der Waals surface area contributed by atoms with Gasteiger partial charge < -0.3 is 20.4 Å². The zero-order chi connectivity index (χ0) is 40.5. The average molecular weight is 766 g/mol. The fourth-order valence-corrected chi connectivity index (χ4v) is 8.67. The van der Waals surface area contributed by atoms with Crippen LogP contribution in [0.5, 0.6) is 11.5 Å². The summed E-state index contributed by atoms with van der Waals surface area (Å²) in [6.45, 7) is 2.09. The molecule has 0 saturated heterocycles. The summed E-state index contributed by atoms with van der Waals surface area (Å²) in [6, 6.07) is 63.8. The van der Waals surface area contributed by atoms with Gasteiger partial charge in [0.1, 0.15) is 22.7 Å². The molecule has 0 aliphatic heterocycles. The monoisotopic (exact) mass is 765 g/mol. The number of rotatable bonds is 4. The molecule has 0 spiro atoms. The number of furan rings is 1. The smallest absolute Gasteiger partial charge is 0.143 e. The standard InChI is InChI=1S/C41H26O3.C13H12.CH5N/c1-23-11-10-20-35-36(23)33-21-24(37-29-16-6-2-12-25(29)27-14-4-8-18-31(27)39(37)42)22-34(41(33)44-35)38-30-17-7-3-13-26(30)28-15-5-9-19-32(28)40(38)43;1-3-7-12(8-4-1)11-13-9-5-2-6-10-13;1-2/h2-22,42-43H,1H3;1-10H,11H2;2H2,1H3.